The van der Waals surface area contributed by atoms with E-state index in [1.54, 1.807) is 16.8 Å². The van der Waals surface area contributed by atoms with Crippen molar-refractivity contribution in [1.82, 2.24) is 24.8 Å². The highest BCUT2D eigenvalue weighted by Crippen LogP contribution is 2.20. The van der Waals surface area contributed by atoms with Crippen LogP contribution in [-0.2, 0) is 6.42 Å². The topological polar surface area (TPSA) is 65.2 Å². The molecule has 3 heterocycles. The van der Waals surface area contributed by atoms with Crippen LogP contribution in [0.15, 0.2) is 79.0 Å². The predicted octanol–water partition coefficient (Wildman–Crippen LogP) is 4.06. The van der Waals surface area contributed by atoms with Crippen molar-refractivity contribution in [3.8, 4) is 11.6 Å². The van der Waals surface area contributed by atoms with Gasteiger partial charge in [-0.05, 0) is 42.0 Å². The third kappa shape index (κ3) is 3.08. The minimum atomic E-state index is 0.498. The van der Waals surface area contributed by atoms with E-state index >= 15 is 0 Å². The molecule has 130 valence electrons. The van der Waals surface area contributed by atoms with Crippen molar-refractivity contribution in [2.75, 3.05) is 0 Å². The maximum Gasteiger partial charge on any atom is 0.237 e. The third-order valence-corrected chi connectivity index (χ3v) is 4.30. The standard InChI is InChI=1S/C21H15N5O/c1-2-6-17(7-3-1)27-21-11-10-19-23-24-20(26(19)25-21)14-15-8-9-18-16(13-15)5-4-12-22-18/h1-13H,14H2. The molecule has 0 aliphatic carbocycles. The molecule has 0 atom stereocenters. The van der Waals surface area contributed by atoms with Crippen LogP contribution >= 0.6 is 0 Å². The van der Waals surface area contributed by atoms with Gasteiger partial charge in [0.05, 0.1) is 5.52 Å². The van der Waals surface area contributed by atoms with E-state index in [1.807, 2.05) is 48.5 Å². The molecule has 0 bridgehead atoms. The fourth-order valence-electron chi connectivity index (χ4n) is 3.01. The molecule has 0 radical (unpaired) electrons. The third-order valence-electron chi connectivity index (χ3n) is 4.30. The van der Waals surface area contributed by atoms with Crippen LogP contribution in [0.3, 0.4) is 0 Å². The Morgan fingerprint density at radius 2 is 1.78 bits per heavy atom. The SMILES string of the molecule is c1ccc(Oc2ccc3nnc(Cc4ccc5ncccc5c4)n3n2)cc1. The Labute approximate surface area is 155 Å². The lowest BCUT2D eigenvalue weighted by Gasteiger charge is -2.06. The van der Waals surface area contributed by atoms with Gasteiger partial charge in [-0.25, -0.2) is 0 Å². The molecule has 0 aliphatic heterocycles. The molecule has 2 aromatic carbocycles. The lowest BCUT2D eigenvalue weighted by Crippen LogP contribution is -2.01. The average molecular weight is 353 g/mol. The number of rotatable bonds is 4. The van der Waals surface area contributed by atoms with Crippen LogP contribution in [0.2, 0.25) is 0 Å². The summed E-state index contributed by atoms with van der Waals surface area (Å²) in [7, 11) is 0. The Kier molecular flexibility index (Phi) is 3.72. The van der Waals surface area contributed by atoms with Crippen molar-refractivity contribution in [3.63, 3.8) is 0 Å². The van der Waals surface area contributed by atoms with E-state index in [9.17, 15) is 0 Å². The van der Waals surface area contributed by atoms with E-state index in [0.29, 0.717) is 17.9 Å². The van der Waals surface area contributed by atoms with E-state index < -0.39 is 0 Å². The van der Waals surface area contributed by atoms with Crippen LogP contribution < -0.4 is 4.74 Å². The minimum Gasteiger partial charge on any atom is -0.438 e. The number of para-hydroxylation sites is 1. The summed E-state index contributed by atoms with van der Waals surface area (Å²) in [5.74, 6) is 1.99. The number of benzene rings is 2. The molecule has 0 fully saturated rings. The molecule has 0 aliphatic rings. The highest BCUT2D eigenvalue weighted by Gasteiger charge is 2.10. The fraction of sp³-hybridized carbons (Fsp3) is 0.0476. The lowest BCUT2D eigenvalue weighted by atomic mass is 10.1. The first-order valence-corrected chi connectivity index (χ1v) is 8.63. The molecule has 5 rings (SSSR count). The van der Waals surface area contributed by atoms with Gasteiger partial charge in [-0.2, -0.15) is 4.52 Å². The van der Waals surface area contributed by atoms with Gasteiger partial charge in [0.25, 0.3) is 0 Å². The molecule has 0 N–H and O–H groups in total. The maximum atomic E-state index is 5.82. The van der Waals surface area contributed by atoms with Gasteiger partial charge in [0.1, 0.15) is 5.75 Å². The van der Waals surface area contributed by atoms with Gasteiger partial charge < -0.3 is 4.74 Å². The van der Waals surface area contributed by atoms with Crippen LogP contribution in [0.25, 0.3) is 16.6 Å². The van der Waals surface area contributed by atoms with Crippen LogP contribution in [0.1, 0.15) is 11.4 Å². The summed E-state index contributed by atoms with van der Waals surface area (Å²) < 4.78 is 7.55. The Bertz CT molecular complexity index is 1230. The molecular formula is C21H15N5O. The van der Waals surface area contributed by atoms with E-state index in [2.05, 4.69) is 38.5 Å². The van der Waals surface area contributed by atoms with Crippen molar-refractivity contribution in [1.29, 1.82) is 0 Å². The monoisotopic (exact) mass is 353 g/mol. The second-order valence-electron chi connectivity index (χ2n) is 6.18. The van der Waals surface area contributed by atoms with Crippen LogP contribution in [0.5, 0.6) is 11.6 Å². The number of hydrogen-bond donors (Lipinski definition) is 0. The predicted molar refractivity (Wildman–Crippen MR) is 102 cm³/mol. The summed E-state index contributed by atoms with van der Waals surface area (Å²) >= 11 is 0. The van der Waals surface area contributed by atoms with Gasteiger partial charge in [-0.1, -0.05) is 30.3 Å². The van der Waals surface area contributed by atoms with Gasteiger partial charge in [0.15, 0.2) is 11.5 Å². The van der Waals surface area contributed by atoms with E-state index in [1.165, 1.54) is 0 Å². The lowest BCUT2D eigenvalue weighted by molar-refractivity contribution is 0.451. The van der Waals surface area contributed by atoms with Crippen molar-refractivity contribution >= 4 is 16.6 Å². The number of nitrogens with zero attached hydrogens (tertiary/aromatic N) is 5. The molecule has 3 aromatic heterocycles. The Balaban J connectivity index is 1.48. The summed E-state index contributed by atoms with van der Waals surface area (Å²) in [6.07, 6.45) is 2.42. The zero-order chi connectivity index (χ0) is 18.1. The largest absolute Gasteiger partial charge is 0.438 e. The quantitative estimate of drug-likeness (QED) is 0.487. The first-order valence-electron chi connectivity index (χ1n) is 8.63. The summed E-state index contributed by atoms with van der Waals surface area (Å²) in [6, 6.07) is 23.4. The normalized spacial score (nSPS) is 11.1. The minimum absolute atomic E-state index is 0.498. The van der Waals surface area contributed by atoms with E-state index in [0.717, 1.165) is 28.0 Å². The molecule has 0 saturated heterocycles. The maximum absolute atomic E-state index is 5.82. The summed E-state index contributed by atoms with van der Waals surface area (Å²) in [5.41, 5.74) is 2.79. The summed E-state index contributed by atoms with van der Waals surface area (Å²) in [4.78, 5) is 4.36. The molecule has 0 saturated carbocycles. The van der Waals surface area contributed by atoms with Gasteiger partial charge in [-0.3, -0.25) is 4.98 Å². The highest BCUT2D eigenvalue weighted by atomic mass is 16.5. The second kappa shape index (κ2) is 6.49. The molecule has 0 unspecified atom stereocenters. The number of pyridine rings is 1. The zero-order valence-electron chi connectivity index (χ0n) is 14.4. The van der Waals surface area contributed by atoms with Gasteiger partial charge >= 0.3 is 0 Å². The van der Waals surface area contributed by atoms with Crippen molar-refractivity contribution in [2.45, 2.75) is 6.42 Å². The van der Waals surface area contributed by atoms with Crippen LogP contribution in [0, 0.1) is 0 Å². The number of aromatic nitrogens is 5. The molecule has 0 spiro atoms. The Morgan fingerprint density at radius 3 is 2.70 bits per heavy atom. The molecule has 27 heavy (non-hydrogen) atoms. The first kappa shape index (κ1) is 15.5. The smallest absolute Gasteiger partial charge is 0.237 e. The van der Waals surface area contributed by atoms with Crippen molar-refractivity contribution in [2.24, 2.45) is 0 Å². The Morgan fingerprint density at radius 1 is 0.852 bits per heavy atom. The first-order chi connectivity index (χ1) is 13.3. The van der Waals surface area contributed by atoms with Gasteiger partial charge in [0, 0.05) is 24.1 Å². The van der Waals surface area contributed by atoms with E-state index in [4.69, 9.17) is 4.74 Å². The number of fused-ring (bicyclic) bond motifs is 2. The zero-order valence-corrected chi connectivity index (χ0v) is 14.4. The number of ether oxygens (including phenoxy) is 1. The molecular weight excluding hydrogens is 338 g/mol. The average Bonchev–Trinajstić information content (AvgIpc) is 3.11. The summed E-state index contributed by atoms with van der Waals surface area (Å²) in [6.45, 7) is 0. The molecule has 0 amide bonds. The van der Waals surface area contributed by atoms with Crippen molar-refractivity contribution in [3.05, 3.63) is 90.4 Å². The summed E-state index contributed by atoms with van der Waals surface area (Å²) in [5, 5.41) is 14.2. The Hall–Kier alpha value is -3.80. The van der Waals surface area contributed by atoms with Crippen molar-refractivity contribution < 1.29 is 4.74 Å². The van der Waals surface area contributed by atoms with Crippen LogP contribution in [0.4, 0.5) is 0 Å². The molecule has 6 nitrogen and oxygen atoms in total. The van der Waals surface area contributed by atoms with E-state index in [-0.39, 0.29) is 0 Å². The highest BCUT2D eigenvalue weighted by molar-refractivity contribution is 5.78. The fourth-order valence-corrected chi connectivity index (χ4v) is 3.01. The molecule has 5 aromatic rings. The van der Waals surface area contributed by atoms with Gasteiger partial charge in [0.2, 0.25) is 5.88 Å². The van der Waals surface area contributed by atoms with Crippen LogP contribution in [-0.4, -0.2) is 24.8 Å². The molecule has 6 heteroatoms. The number of hydrogen-bond acceptors (Lipinski definition) is 5. The van der Waals surface area contributed by atoms with Gasteiger partial charge in [-0.15, -0.1) is 15.3 Å². The second-order valence-corrected chi connectivity index (χ2v) is 6.18.